The van der Waals surface area contributed by atoms with Gasteiger partial charge in [0.2, 0.25) is 0 Å². The van der Waals surface area contributed by atoms with E-state index < -0.39 is 11.5 Å². The number of fused-ring (bicyclic) bond motifs is 1. The monoisotopic (exact) mass is 479 g/mol. The Balaban J connectivity index is 1.67. The topological polar surface area (TPSA) is 66.8 Å². The fourth-order valence-corrected chi connectivity index (χ4v) is 4.20. The van der Waals surface area contributed by atoms with Crippen LogP contribution in [0.5, 0.6) is 5.75 Å². The summed E-state index contributed by atoms with van der Waals surface area (Å²) in [5.74, 6) is -0.185. The number of hydrogen-bond acceptors (Lipinski definition) is 4. The average Bonchev–Trinajstić information content (AvgIpc) is 2.96. The van der Waals surface area contributed by atoms with Crippen molar-refractivity contribution in [2.24, 2.45) is 0 Å². The van der Waals surface area contributed by atoms with Crippen LogP contribution in [0.15, 0.2) is 71.2 Å². The molecule has 158 valence electrons. The van der Waals surface area contributed by atoms with Crippen molar-refractivity contribution in [2.45, 2.75) is 25.5 Å². The van der Waals surface area contributed by atoms with Crippen molar-refractivity contribution in [1.29, 1.82) is 0 Å². The van der Waals surface area contributed by atoms with Crippen LogP contribution in [0.4, 0.5) is 5.69 Å². The Bertz CT molecular complexity index is 1140. The highest BCUT2D eigenvalue weighted by atomic mass is 79.9. The number of benzene rings is 3. The lowest BCUT2D eigenvalue weighted by Crippen LogP contribution is -2.41. The summed E-state index contributed by atoms with van der Waals surface area (Å²) in [6.45, 7) is 2.31. The Hall–Kier alpha value is -2.96. The van der Waals surface area contributed by atoms with Crippen LogP contribution < -0.4 is 9.64 Å². The minimum absolute atomic E-state index is 0.312. The lowest BCUT2D eigenvalue weighted by molar-refractivity contribution is -0.136. The molecule has 1 aliphatic rings. The van der Waals surface area contributed by atoms with E-state index in [0.29, 0.717) is 29.1 Å². The number of nitrogens with zero attached hydrogens (tertiary/aromatic N) is 1. The van der Waals surface area contributed by atoms with Gasteiger partial charge in [-0.25, -0.2) is 0 Å². The molecule has 0 radical (unpaired) electrons. The minimum atomic E-state index is -1.93. The van der Waals surface area contributed by atoms with Crippen molar-refractivity contribution in [3.63, 3.8) is 0 Å². The molecule has 31 heavy (non-hydrogen) atoms. The van der Waals surface area contributed by atoms with E-state index in [2.05, 4.69) is 15.9 Å². The number of hydrogen-bond donors (Lipinski definition) is 1. The molecule has 0 bridgehead atoms. The van der Waals surface area contributed by atoms with Gasteiger partial charge in [-0.05, 0) is 55.0 Å². The summed E-state index contributed by atoms with van der Waals surface area (Å²) in [4.78, 5) is 27.9. The van der Waals surface area contributed by atoms with Gasteiger partial charge in [0.15, 0.2) is 11.4 Å². The molecule has 0 saturated carbocycles. The Labute approximate surface area is 189 Å². The minimum Gasteiger partial charge on any atom is -0.497 e. The summed E-state index contributed by atoms with van der Waals surface area (Å²) < 4.78 is 5.86. The molecule has 1 amide bonds. The largest absolute Gasteiger partial charge is 0.497 e. The molecule has 1 heterocycles. The van der Waals surface area contributed by atoms with Crippen LogP contribution in [0.3, 0.4) is 0 Å². The third-order valence-electron chi connectivity index (χ3n) is 5.58. The Morgan fingerprint density at radius 3 is 2.39 bits per heavy atom. The fraction of sp³-hybridized carbons (Fsp3) is 0.200. The van der Waals surface area contributed by atoms with E-state index in [1.165, 1.54) is 0 Å². The van der Waals surface area contributed by atoms with Crippen LogP contribution in [0.25, 0.3) is 0 Å². The summed E-state index contributed by atoms with van der Waals surface area (Å²) in [6, 6.07) is 19.9. The van der Waals surface area contributed by atoms with E-state index >= 15 is 0 Å². The van der Waals surface area contributed by atoms with Crippen LogP contribution in [-0.2, 0) is 16.9 Å². The van der Waals surface area contributed by atoms with E-state index in [4.69, 9.17) is 4.74 Å². The molecule has 1 atom stereocenters. The highest BCUT2D eigenvalue weighted by Gasteiger charge is 2.51. The number of rotatable bonds is 6. The van der Waals surface area contributed by atoms with Gasteiger partial charge >= 0.3 is 0 Å². The van der Waals surface area contributed by atoms with Crippen molar-refractivity contribution in [1.82, 2.24) is 0 Å². The second-order valence-corrected chi connectivity index (χ2v) is 8.64. The highest BCUT2D eigenvalue weighted by Crippen LogP contribution is 2.44. The predicted octanol–water partition coefficient (Wildman–Crippen LogP) is 4.77. The fourth-order valence-electron chi connectivity index (χ4n) is 3.84. The SMILES string of the molecule is COc1ccc(C(=O)C[C@@]2(O)C(=O)N(Cc3ccc(C)cc3)c3ccc(Br)cc32)cc1. The maximum Gasteiger partial charge on any atom is 0.264 e. The van der Waals surface area contributed by atoms with Crippen molar-refractivity contribution in [2.75, 3.05) is 12.0 Å². The van der Waals surface area contributed by atoms with Crippen molar-refractivity contribution in [3.05, 3.63) is 93.5 Å². The maximum atomic E-state index is 13.4. The van der Waals surface area contributed by atoms with E-state index in [1.807, 2.05) is 37.3 Å². The van der Waals surface area contributed by atoms with Gasteiger partial charge in [-0.2, -0.15) is 0 Å². The summed E-state index contributed by atoms with van der Waals surface area (Å²) in [5.41, 5.74) is 1.59. The molecular formula is C25H22BrNO4. The van der Waals surface area contributed by atoms with Crippen LogP contribution in [0.2, 0.25) is 0 Å². The normalized spacial score (nSPS) is 17.5. The molecule has 5 nitrogen and oxygen atoms in total. The summed E-state index contributed by atoms with van der Waals surface area (Å²) in [5, 5.41) is 11.5. The molecule has 0 fully saturated rings. The first kappa shape index (κ1) is 21.3. The van der Waals surface area contributed by atoms with E-state index in [-0.39, 0.29) is 12.2 Å². The first-order valence-corrected chi connectivity index (χ1v) is 10.7. The second-order valence-electron chi connectivity index (χ2n) is 7.73. The second kappa shape index (κ2) is 8.29. The van der Waals surface area contributed by atoms with Gasteiger partial charge in [0.25, 0.3) is 5.91 Å². The molecule has 1 aliphatic heterocycles. The molecule has 0 spiro atoms. The number of methoxy groups -OCH3 is 1. The van der Waals surface area contributed by atoms with Gasteiger partial charge in [-0.3, -0.25) is 9.59 Å². The Kier molecular flexibility index (Phi) is 5.69. The first-order valence-electron chi connectivity index (χ1n) is 9.89. The quantitative estimate of drug-likeness (QED) is 0.516. The number of carbonyl (C=O) groups is 2. The summed E-state index contributed by atoms with van der Waals surface area (Å²) in [7, 11) is 1.55. The van der Waals surface area contributed by atoms with Gasteiger partial charge in [0.1, 0.15) is 5.75 Å². The van der Waals surface area contributed by atoms with Gasteiger partial charge in [0, 0.05) is 15.6 Å². The van der Waals surface area contributed by atoms with E-state index in [0.717, 1.165) is 15.6 Å². The number of halogens is 1. The van der Waals surface area contributed by atoms with E-state index in [1.54, 1.807) is 48.4 Å². The highest BCUT2D eigenvalue weighted by molar-refractivity contribution is 9.10. The Morgan fingerprint density at radius 2 is 1.74 bits per heavy atom. The molecule has 3 aromatic carbocycles. The molecule has 6 heteroatoms. The zero-order chi connectivity index (χ0) is 22.2. The van der Waals surface area contributed by atoms with Gasteiger partial charge < -0.3 is 14.7 Å². The Morgan fingerprint density at radius 1 is 1.06 bits per heavy atom. The van der Waals surface area contributed by atoms with Crippen LogP contribution in [0.1, 0.15) is 33.5 Å². The number of amides is 1. The lowest BCUT2D eigenvalue weighted by atomic mass is 9.88. The number of aliphatic hydroxyl groups is 1. The van der Waals surface area contributed by atoms with Gasteiger partial charge in [-0.1, -0.05) is 45.8 Å². The van der Waals surface area contributed by atoms with Crippen LogP contribution in [-0.4, -0.2) is 23.9 Å². The maximum absolute atomic E-state index is 13.4. The van der Waals surface area contributed by atoms with Gasteiger partial charge in [-0.15, -0.1) is 0 Å². The number of Topliss-reactive ketones (excluding diaryl/α,β-unsaturated/α-hetero) is 1. The van der Waals surface area contributed by atoms with Crippen LogP contribution in [0, 0.1) is 6.92 Å². The number of ether oxygens (including phenoxy) is 1. The molecule has 0 aliphatic carbocycles. The molecule has 4 rings (SSSR count). The third kappa shape index (κ3) is 4.01. The van der Waals surface area contributed by atoms with Crippen molar-refractivity contribution in [3.8, 4) is 5.75 Å². The first-order chi connectivity index (χ1) is 14.8. The number of carbonyl (C=O) groups excluding carboxylic acids is 2. The van der Waals surface area contributed by atoms with Gasteiger partial charge in [0.05, 0.1) is 25.8 Å². The van der Waals surface area contributed by atoms with Crippen molar-refractivity contribution >= 4 is 33.3 Å². The molecule has 0 saturated heterocycles. The standard InChI is InChI=1S/C25H22BrNO4/c1-16-3-5-17(6-4-16)15-27-22-12-9-19(26)13-21(22)25(30,24(27)29)14-23(28)18-7-10-20(31-2)11-8-18/h3-13,30H,14-15H2,1-2H3/t25-/m0/s1. The number of anilines is 1. The zero-order valence-corrected chi connectivity index (χ0v) is 18.8. The summed E-state index contributed by atoms with van der Waals surface area (Å²) >= 11 is 3.42. The predicted molar refractivity (Wildman–Crippen MR) is 122 cm³/mol. The summed E-state index contributed by atoms with van der Waals surface area (Å²) in [6.07, 6.45) is -0.341. The number of aryl methyl sites for hydroxylation is 1. The zero-order valence-electron chi connectivity index (χ0n) is 17.3. The smallest absolute Gasteiger partial charge is 0.264 e. The van der Waals surface area contributed by atoms with Crippen LogP contribution >= 0.6 is 15.9 Å². The molecule has 3 aromatic rings. The molecular weight excluding hydrogens is 458 g/mol. The molecule has 1 N–H and O–H groups in total. The molecule has 0 aromatic heterocycles. The van der Waals surface area contributed by atoms with Crippen molar-refractivity contribution < 1.29 is 19.4 Å². The average molecular weight is 480 g/mol. The number of ketones is 1. The molecule has 0 unspecified atom stereocenters. The lowest BCUT2D eigenvalue weighted by Gasteiger charge is -2.23. The third-order valence-corrected chi connectivity index (χ3v) is 6.08. The van der Waals surface area contributed by atoms with E-state index in [9.17, 15) is 14.7 Å².